The van der Waals surface area contributed by atoms with E-state index in [-0.39, 0.29) is 5.91 Å². The highest BCUT2D eigenvalue weighted by molar-refractivity contribution is 9.10. The smallest absolute Gasteiger partial charge is 0.253 e. The number of nitrogens with one attached hydrogen (secondary N) is 1. The minimum atomic E-state index is 0.0908. The van der Waals surface area contributed by atoms with E-state index in [1.165, 1.54) is 5.56 Å². The molecule has 1 aliphatic rings. The van der Waals surface area contributed by atoms with E-state index in [2.05, 4.69) is 50.1 Å². The van der Waals surface area contributed by atoms with Crippen molar-refractivity contribution in [3.05, 3.63) is 94.2 Å². The maximum Gasteiger partial charge on any atom is 0.253 e. The Balaban J connectivity index is 1.26. The second-order valence-corrected chi connectivity index (χ2v) is 9.59. The lowest BCUT2D eigenvalue weighted by atomic mass is 10.0. The Morgan fingerprint density at radius 1 is 1.03 bits per heavy atom. The Labute approximate surface area is 202 Å². The van der Waals surface area contributed by atoms with Crippen LogP contribution in [0.25, 0.3) is 11.0 Å². The second-order valence-electron chi connectivity index (χ2n) is 8.67. The van der Waals surface area contributed by atoms with Crippen molar-refractivity contribution in [2.75, 3.05) is 18.4 Å². The van der Waals surface area contributed by atoms with E-state index in [9.17, 15) is 4.79 Å². The summed E-state index contributed by atoms with van der Waals surface area (Å²) in [7, 11) is 2.04. The summed E-state index contributed by atoms with van der Waals surface area (Å²) >= 11 is 3.52. The molecule has 1 saturated heterocycles. The number of likely N-dealkylation sites (tertiary alicyclic amines) is 1. The summed E-state index contributed by atoms with van der Waals surface area (Å²) in [5.74, 6) is 1.09. The van der Waals surface area contributed by atoms with Gasteiger partial charge in [-0.15, -0.1) is 0 Å². The van der Waals surface area contributed by atoms with Gasteiger partial charge in [-0.05, 0) is 54.8 Å². The highest BCUT2D eigenvalue weighted by Gasteiger charge is 2.24. The van der Waals surface area contributed by atoms with Gasteiger partial charge in [-0.3, -0.25) is 4.79 Å². The number of anilines is 1. The van der Waals surface area contributed by atoms with Crippen LogP contribution in [0.5, 0.6) is 0 Å². The molecule has 0 atom stereocenters. The number of carbonyl (C=O) groups is 1. The first kappa shape index (κ1) is 21.7. The molecule has 4 aromatic rings. The zero-order valence-electron chi connectivity index (χ0n) is 18.7. The Kier molecular flexibility index (Phi) is 6.18. The monoisotopic (exact) mass is 502 g/mol. The average molecular weight is 503 g/mol. The fourth-order valence-electron chi connectivity index (χ4n) is 4.54. The number of hydrogen-bond acceptors (Lipinski definition) is 3. The third kappa shape index (κ3) is 4.81. The number of piperidine rings is 1. The van der Waals surface area contributed by atoms with E-state index in [4.69, 9.17) is 4.98 Å². The van der Waals surface area contributed by atoms with Crippen LogP contribution in [-0.4, -0.2) is 39.5 Å². The largest absolute Gasteiger partial charge is 0.382 e. The Morgan fingerprint density at radius 3 is 2.58 bits per heavy atom. The number of fused-ring (bicyclic) bond motifs is 1. The lowest BCUT2D eigenvalue weighted by Crippen LogP contribution is -2.42. The second kappa shape index (κ2) is 9.40. The molecule has 0 radical (unpaired) electrons. The number of benzene rings is 3. The van der Waals surface area contributed by atoms with E-state index in [1.807, 2.05) is 60.5 Å². The fraction of sp³-hybridized carbons (Fsp3) is 0.259. The molecule has 0 unspecified atom stereocenters. The third-order valence-corrected chi connectivity index (χ3v) is 6.90. The third-order valence-electron chi connectivity index (χ3n) is 6.40. The van der Waals surface area contributed by atoms with Crippen LogP contribution in [0, 0.1) is 0 Å². The van der Waals surface area contributed by atoms with Gasteiger partial charge in [0.05, 0.1) is 11.0 Å². The van der Waals surface area contributed by atoms with Crippen LogP contribution in [0.4, 0.5) is 5.69 Å². The quantitative estimate of drug-likeness (QED) is 0.383. The standard InChI is InChI=1S/C27H27BrN4O/c1-31-25-11-10-20(17-24(25)30-26(31)16-19-6-3-2-4-7-19)27(33)32-14-12-22(13-15-32)29-23-9-5-8-21(28)18-23/h2-11,17-18,22,29H,12-16H2,1H3. The van der Waals surface area contributed by atoms with Crippen LogP contribution in [0.3, 0.4) is 0 Å². The Bertz CT molecular complexity index is 1280. The van der Waals surface area contributed by atoms with Gasteiger partial charge in [0, 0.05) is 48.3 Å². The minimum absolute atomic E-state index is 0.0908. The van der Waals surface area contributed by atoms with Crippen molar-refractivity contribution in [2.45, 2.75) is 25.3 Å². The molecule has 1 amide bonds. The van der Waals surface area contributed by atoms with Gasteiger partial charge in [0.15, 0.2) is 0 Å². The van der Waals surface area contributed by atoms with E-state index in [0.29, 0.717) is 11.6 Å². The molecular weight excluding hydrogens is 476 g/mol. The number of aromatic nitrogens is 2. The summed E-state index contributed by atoms with van der Waals surface area (Å²) in [5, 5.41) is 3.59. The summed E-state index contributed by atoms with van der Waals surface area (Å²) in [6, 6.07) is 24.8. The van der Waals surface area contributed by atoms with Gasteiger partial charge in [0.25, 0.3) is 5.91 Å². The highest BCUT2D eigenvalue weighted by Crippen LogP contribution is 2.23. The van der Waals surface area contributed by atoms with Crippen molar-refractivity contribution in [3.8, 4) is 0 Å². The molecule has 3 aromatic carbocycles. The van der Waals surface area contributed by atoms with Crippen LogP contribution < -0.4 is 5.32 Å². The first-order valence-corrected chi connectivity index (χ1v) is 12.2. The maximum absolute atomic E-state index is 13.2. The Hall–Kier alpha value is -3.12. The first-order chi connectivity index (χ1) is 16.1. The van der Waals surface area contributed by atoms with Crippen LogP contribution >= 0.6 is 15.9 Å². The van der Waals surface area contributed by atoms with Crippen LogP contribution in [0.1, 0.15) is 34.6 Å². The molecule has 1 fully saturated rings. The molecule has 2 heterocycles. The van der Waals surface area contributed by atoms with Gasteiger partial charge >= 0.3 is 0 Å². The van der Waals surface area contributed by atoms with Crippen LogP contribution in [0.15, 0.2) is 77.3 Å². The van der Waals surface area contributed by atoms with Crippen molar-refractivity contribution < 1.29 is 4.79 Å². The van der Waals surface area contributed by atoms with Gasteiger partial charge < -0.3 is 14.8 Å². The molecule has 6 heteroatoms. The molecule has 0 saturated carbocycles. The molecule has 1 aromatic heterocycles. The van der Waals surface area contributed by atoms with Gasteiger partial charge in [0.1, 0.15) is 5.82 Å². The first-order valence-electron chi connectivity index (χ1n) is 11.4. The van der Waals surface area contributed by atoms with Gasteiger partial charge in [-0.25, -0.2) is 4.98 Å². The number of hydrogen-bond donors (Lipinski definition) is 1. The van der Waals surface area contributed by atoms with Gasteiger partial charge in [0.2, 0.25) is 0 Å². The minimum Gasteiger partial charge on any atom is -0.382 e. The van der Waals surface area contributed by atoms with Crippen molar-refractivity contribution >= 4 is 38.6 Å². The topological polar surface area (TPSA) is 50.2 Å². The summed E-state index contributed by atoms with van der Waals surface area (Å²) in [6.45, 7) is 1.51. The van der Waals surface area contributed by atoms with Gasteiger partial charge in [-0.2, -0.15) is 0 Å². The zero-order valence-corrected chi connectivity index (χ0v) is 20.3. The van der Waals surface area contributed by atoms with E-state index >= 15 is 0 Å². The molecule has 1 aliphatic heterocycles. The number of halogens is 1. The van der Waals surface area contributed by atoms with Crippen molar-refractivity contribution in [3.63, 3.8) is 0 Å². The van der Waals surface area contributed by atoms with E-state index in [1.54, 1.807) is 0 Å². The molecule has 1 N–H and O–H groups in total. The van der Waals surface area contributed by atoms with E-state index in [0.717, 1.165) is 59.4 Å². The summed E-state index contributed by atoms with van der Waals surface area (Å²) < 4.78 is 3.19. The molecule has 5 rings (SSSR count). The summed E-state index contributed by atoms with van der Waals surface area (Å²) in [4.78, 5) is 20.0. The number of rotatable bonds is 5. The van der Waals surface area contributed by atoms with Crippen molar-refractivity contribution in [1.82, 2.24) is 14.5 Å². The fourth-order valence-corrected chi connectivity index (χ4v) is 4.94. The molecule has 5 nitrogen and oxygen atoms in total. The zero-order chi connectivity index (χ0) is 22.8. The lowest BCUT2D eigenvalue weighted by molar-refractivity contribution is 0.0718. The number of aryl methyl sites for hydroxylation is 1. The van der Waals surface area contributed by atoms with Gasteiger partial charge in [-0.1, -0.05) is 52.3 Å². The lowest BCUT2D eigenvalue weighted by Gasteiger charge is -2.33. The predicted octanol–water partition coefficient (Wildman–Crippen LogP) is 5.64. The normalized spacial score (nSPS) is 14.5. The maximum atomic E-state index is 13.2. The SMILES string of the molecule is Cn1c(Cc2ccccc2)nc2cc(C(=O)N3CCC(Nc4cccc(Br)c4)CC3)ccc21. The summed E-state index contributed by atoms with van der Waals surface area (Å²) in [5.41, 5.74) is 4.98. The molecule has 0 bridgehead atoms. The molecule has 33 heavy (non-hydrogen) atoms. The predicted molar refractivity (Wildman–Crippen MR) is 137 cm³/mol. The van der Waals surface area contributed by atoms with E-state index < -0.39 is 0 Å². The molecule has 0 spiro atoms. The number of nitrogens with zero attached hydrogens (tertiary/aromatic N) is 3. The highest BCUT2D eigenvalue weighted by atomic mass is 79.9. The number of carbonyl (C=O) groups excluding carboxylic acids is 1. The molecule has 0 aliphatic carbocycles. The number of amides is 1. The average Bonchev–Trinajstić information content (AvgIpc) is 3.14. The molecule has 168 valence electrons. The van der Waals surface area contributed by atoms with Crippen molar-refractivity contribution in [1.29, 1.82) is 0 Å². The van der Waals surface area contributed by atoms with Crippen LogP contribution in [-0.2, 0) is 13.5 Å². The van der Waals surface area contributed by atoms with Crippen molar-refractivity contribution in [2.24, 2.45) is 7.05 Å². The van der Waals surface area contributed by atoms with Crippen LogP contribution in [0.2, 0.25) is 0 Å². The summed E-state index contributed by atoms with van der Waals surface area (Å²) in [6.07, 6.45) is 2.64. The Morgan fingerprint density at radius 2 is 1.82 bits per heavy atom. The number of imidazole rings is 1. The molecular formula is C27H27BrN4O.